The quantitative estimate of drug-likeness (QED) is 0.751. The third-order valence-corrected chi connectivity index (χ3v) is 3.35. The van der Waals surface area contributed by atoms with Crippen LogP contribution in [0.15, 0.2) is 42.7 Å². The number of nitrogens with zero attached hydrogens (tertiary/aromatic N) is 2. The Morgan fingerprint density at radius 2 is 1.60 bits per heavy atom. The smallest absolute Gasteiger partial charge is 0.153 e. The number of H-pyrrole nitrogens is 1. The van der Waals surface area contributed by atoms with Crippen LogP contribution in [0.5, 0.6) is 0 Å². The summed E-state index contributed by atoms with van der Waals surface area (Å²) in [6, 6.07) is 9.04. The number of aromatic amines is 1. The van der Waals surface area contributed by atoms with Gasteiger partial charge in [0.2, 0.25) is 0 Å². The SMILES string of the molecule is Nc1n[nH]c(-c2cc(Cl)cc(Cl)c2)c1-c1ccncc1. The van der Waals surface area contributed by atoms with Gasteiger partial charge in [-0.3, -0.25) is 10.1 Å². The molecular weight excluding hydrogens is 295 g/mol. The Morgan fingerprint density at radius 1 is 0.950 bits per heavy atom. The molecule has 3 aromatic rings. The molecule has 0 saturated carbocycles. The van der Waals surface area contributed by atoms with Gasteiger partial charge in [0.15, 0.2) is 5.82 Å². The molecule has 3 N–H and O–H groups in total. The predicted octanol–water partition coefficient (Wildman–Crippen LogP) is 4.03. The number of hydrogen-bond acceptors (Lipinski definition) is 3. The molecule has 1 aromatic carbocycles. The van der Waals surface area contributed by atoms with Gasteiger partial charge in [-0.2, -0.15) is 5.10 Å². The van der Waals surface area contributed by atoms with Crippen LogP contribution in [0.2, 0.25) is 10.0 Å². The highest BCUT2D eigenvalue weighted by Gasteiger charge is 2.15. The van der Waals surface area contributed by atoms with Gasteiger partial charge in [-0.15, -0.1) is 0 Å². The van der Waals surface area contributed by atoms with Gasteiger partial charge in [-0.05, 0) is 35.9 Å². The van der Waals surface area contributed by atoms with E-state index in [1.54, 1.807) is 18.5 Å². The lowest BCUT2D eigenvalue weighted by atomic mass is 10.0. The molecule has 0 radical (unpaired) electrons. The molecule has 0 bridgehead atoms. The van der Waals surface area contributed by atoms with E-state index in [1.165, 1.54) is 0 Å². The van der Waals surface area contributed by atoms with E-state index < -0.39 is 0 Å². The second-order valence-corrected chi connectivity index (χ2v) is 5.13. The molecule has 6 heteroatoms. The molecule has 0 aliphatic heterocycles. The zero-order valence-electron chi connectivity index (χ0n) is 10.3. The average Bonchev–Trinajstić information content (AvgIpc) is 2.80. The van der Waals surface area contributed by atoms with Crippen LogP contribution in [0.4, 0.5) is 5.82 Å². The predicted molar refractivity (Wildman–Crippen MR) is 81.7 cm³/mol. The highest BCUT2D eigenvalue weighted by atomic mass is 35.5. The molecular formula is C14H10Cl2N4. The summed E-state index contributed by atoms with van der Waals surface area (Å²) in [5, 5.41) is 8.12. The molecule has 0 saturated heterocycles. The summed E-state index contributed by atoms with van der Waals surface area (Å²) in [4.78, 5) is 4.00. The van der Waals surface area contributed by atoms with Gasteiger partial charge >= 0.3 is 0 Å². The van der Waals surface area contributed by atoms with E-state index in [-0.39, 0.29) is 0 Å². The van der Waals surface area contributed by atoms with Crippen LogP contribution in [0.25, 0.3) is 22.4 Å². The topological polar surface area (TPSA) is 67.6 Å². The van der Waals surface area contributed by atoms with Crippen LogP contribution < -0.4 is 5.73 Å². The molecule has 0 amide bonds. The Morgan fingerprint density at radius 3 is 2.25 bits per heavy atom. The fraction of sp³-hybridized carbons (Fsp3) is 0. The van der Waals surface area contributed by atoms with E-state index in [0.29, 0.717) is 15.9 Å². The molecule has 3 rings (SSSR count). The van der Waals surface area contributed by atoms with Crippen molar-refractivity contribution in [2.75, 3.05) is 5.73 Å². The van der Waals surface area contributed by atoms with Gasteiger partial charge in [0.25, 0.3) is 0 Å². The Balaban J connectivity index is 2.21. The Bertz CT molecular complexity index is 733. The number of rotatable bonds is 2. The number of nitrogens with one attached hydrogen (secondary N) is 1. The number of nitrogen functional groups attached to an aromatic ring is 1. The normalized spacial score (nSPS) is 10.7. The average molecular weight is 305 g/mol. The standard InChI is InChI=1S/C14H10Cl2N4/c15-10-5-9(6-11(16)7-10)13-12(14(17)20-19-13)8-1-3-18-4-2-8/h1-7H,(H3,17,19,20). The van der Waals surface area contributed by atoms with Gasteiger partial charge in [0, 0.05) is 28.0 Å². The van der Waals surface area contributed by atoms with E-state index >= 15 is 0 Å². The molecule has 0 unspecified atom stereocenters. The van der Waals surface area contributed by atoms with Crippen molar-refractivity contribution in [1.29, 1.82) is 0 Å². The fourth-order valence-electron chi connectivity index (χ4n) is 2.07. The van der Waals surface area contributed by atoms with Crippen molar-refractivity contribution in [3.63, 3.8) is 0 Å². The van der Waals surface area contributed by atoms with Crippen LogP contribution in [-0.2, 0) is 0 Å². The Hall–Kier alpha value is -2.04. The second-order valence-electron chi connectivity index (χ2n) is 4.25. The first kappa shape index (κ1) is 13.0. The van der Waals surface area contributed by atoms with Crippen LogP contribution in [0.1, 0.15) is 0 Å². The van der Waals surface area contributed by atoms with Crippen molar-refractivity contribution in [2.45, 2.75) is 0 Å². The number of nitrogens with two attached hydrogens (primary N) is 1. The fourth-order valence-corrected chi connectivity index (χ4v) is 2.60. The van der Waals surface area contributed by atoms with Crippen molar-refractivity contribution >= 4 is 29.0 Å². The number of hydrogen-bond donors (Lipinski definition) is 2. The molecule has 0 fully saturated rings. The minimum Gasteiger partial charge on any atom is -0.382 e. The third-order valence-electron chi connectivity index (χ3n) is 2.91. The van der Waals surface area contributed by atoms with Crippen LogP contribution in [-0.4, -0.2) is 15.2 Å². The first-order valence-electron chi connectivity index (χ1n) is 5.86. The summed E-state index contributed by atoms with van der Waals surface area (Å²) in [6.07, 6.45) is 3.41. The maximum absolute atomic E-state index is 6.05. The summed E-state index contributed by atoms with van der Waals surface area (Å²) >= 11 is 12.1. The third kappa shape index (κ3) is 2.35. The second kappa shape index (κ2) is 5.15. The van der Waals surface area contributed by atoms with Crippen molar-refractivity contribution < 1.29 is 0 Å². The maximum atomic E-state index is 6.05. The molecule has 0 aliphatic carbocycles. The number of halogens is 2. The number of aromatic nitrogens is 3. The molecule has 0 aliphatic rings. The Labute approximate surface area is 125 Å². The number of anilines is 1. The van der Waals surface area contributed by atoms with E-state index in [4.69, 9.17) is 28.9 Å². The Kier molecular flexibility index (Phi) is 3.34. The van der Waals surface area contributed by atoms with Crippen molar-refractivity contribution in [3.05, 3.63) is 52.8 Å². The van der Waals surface area contributed by atoms with E-state index in [0.717, 1.165) is 22.4 Å². The van der Waals surface area contributed by atoms with Crippen molar-refractivity contribution in [1.82, 2.24) is 15.2 Å². The first-order chi connectivity index (χ1) is 9.65. The summed E-state index contributed by atoms with van der Waals surface area (Å²) in [7, 11) is 0. The highest BCUT2D eigenvalue weighted by molar-refractivity contribution is 6.35. The van der Waals surface area contributed by atoms with Gasteiger partial charge < -0.3 is 5.73 Å². The van der Waals surface area contributed by atoms with Crippen LogP contribution >= 0.6 is 23.2 Å². The van der Waals surface area contributed by atoms with Crippen molar-refractivity contribution in [3.8, 4) is 22.4 Å². The lowest BCUT2D eigenvalue weighted by Crippen LogP contribution is -1.89. The van der Waals surface area contributed by atoms with E-state index in [9.17, 15) is 0 Å². The van der Waals surface area contributed by atoms with Gasteiger partial charge in [-0.25, -0.2) is 0 Å². The lowest BCUT2D eigenvalue weighted by molar-refractivity contribution is 1.10. The van der Waals surface area contributed by atoms with Crippen LogP contribution in [0.3, 0.4) is 0 Å². The maximum Gasteiger partial charge on any atom is 0.153 e. The minimum atomic E-state index is 0.419. The molecule has 2 aromatic heterocycles. The first-order valence-corrected chi connectivity index (χ1v) is 6.61. The van der Waals surface area contributed by atoms with Gasteiger partial charge in [0.05, 0.1) is 11.3 Å². The zero-order chi connectivity index (χ0) is 14.1. The molecule has 20 heavy (non-hydrogen) atoms. The van der Waals surface area contributed by atoms with E-state index in [1.807, 2.05) is 24.3 Å². The molecule has 0 atom stereocenters. The number of benzene rings is 1. The zero-order valence-corrected chi connectivity index (χ0v) is 11.8. The lowest BCUT2D eigenvalue weighted by Gasteiger charge is -2.05. The summed E-state index contributed by atoms with van der Waals surface area (Å²) < 4.78 is 0. The van der Waals surface area contributed by atoms with E-state index in [2.05, 4.69) is 15.2 Å². The summed E-state index contributed by atoms with van der Waals surface area (Å²) in [5.74, 6) is 0.419. The molecule has 2 heterocycles. The summed E-state index contributed by atoms with van der Waals surface area (Å²) in [5.41, 5.74) is 9.31. The monoisotopic (exact) mass is 304 g/mol. The highest BCUT2D eigenvalue weighted by Crippen LogP contribution is 2.36. The van der Waals surface area contributed by atoms with Crippen molar-refractivity contribution in [2.24, 2.45) is 0 Å². The molecule has 4 nitrogen and oxygen atoms in total. The minimum absolute atomic E-state index is 0.419. The summed E-state index contributed by atoms with van der Waals surface area (Å²) in [6.45, 7) is 0. The molecule has 0 spiro atoms. The van der Waals surface area contributed by atoms with Gasteiger partial charge in [-0.1, -0.05) is 23.2 Å². The van der Waals surface area contributed by atoms with Gasteiger partial charge in [0.1, 0.15) is 0 Å². The number of pyridine rings is 1. The molecule has 100 valence electrons. The van der Waals surface area contributed by atoms with Crippen LogP contribution in [0, 0.1) is 0 Å². The largest absolute Gasteiger partial charge is 0.382 e.